The largest absolute Gasteiger partial charge is 0.493 e. The number of aliphatic carboxylic acids is 1. The first kappa shape index (κ1) is 25.9. The third kappa shape index (κ3) is 5.79. The summed E-state index contributed by atoms with van der Waals surface area (Å²) < 4.78 is 57.4. The number of ether oxygens (including phenoxy) is 3. The van der Waals surface area contributed by atoms with Crippen LogP contribution in [-0.2, 0) is 28.7 Å². The van der Waals surface area contributed by atoms with E-state index in [1.165, 1.54) is 30.2 Å². The second-order valence-corrected chi connectivity index (χ2v) is 8.56. The van der Waals surface area contributed by atoms with E-state index in [0.717, 1.165) is 17.7 Å². The van der Waals surface area contributed by atoms with Crippen molar-refractivity contribution in [2.24, 2.45) is 0 Å². The number of benzene rings is 3. The second-order valence-electron chi connectivity index (χ2n) is 8.56. The summed E-state index contributed by atoms with van der Waals surface area (Å²) in [6.45, 7) is 1.55. The van der Waals surface area contributed by atoms with E-state index >= 15 is 0 Å². The van der Waals surface area contributed by atoms with Gasteiger partial charge in [0.25, 0.3) is 0 Å². The molecule has 1 aliphatic heterocycles. The van der Waals surface area contributed by atoms with Crippen molar-refractivity contribution in [3.8, 4) is 17.2 Å². The lowest BCUT2D eigenvalue weighted by molar-refractivity contribution is -0.138. The minimum Gasteiger partial charge on any atom is -0.493 e. The van der Waals surface area contributed by atoms with E-state index in [0.29, 0.717) is 5.56 Å². The van der Waals surface area contributed by atoms with Gasteiger partial charge in [0.2, 0.25) is 0 Å². The van der Waals surface area contributed by atoms with Gasteiger partial charge >= 0.3 is 18.2 Å². The minimum absolute atomic E-state index is 0.0573. The van der Waals surface area contributed by atoms with Crippen molar-refractivity contribution in [2.45, 2.75) is 38.2 Å². The van der Waals surface area contributed by atoms with Crippen LogP contribution in [0.3, 0.4) is 0 Å². The van der Waals surface area contributed by atoms with Gasteiger partial charge in [-0.15, -0.1) is 0 Å². The lowest BCUT2D eigenvalue weighted by Crippen LogP contribution is -2.31. The number of methoxy groups -OCH3 is 1. The fraction of sp³-hybridized carbons (Fsp3) is 0.259. The number of carbonyl (C=O) groups is 2. The van der Waals surface area contributed by atoms with Crippen molar-refractivity contribution in [3.05, 3.63) is 89.0 Å². The van der Waals surface area contributed by atoms with E-state index in [-0.39, 0.29) is 35.8 Å². The quantitative estimate of drug-likeness (QED) is 0.384. The van der Waals surface area contributed by atoms with Gasteiger partial charge in [-0.1, -0.05) is 36.4 Å². The molecule has 1 fully saturated rings. The molecule has 37 heavy (non-hydrogen) atoms. The average Bonchev–Trinajstić information content (AvgIpc) is 3.13. The molecule has 1 amide bonds. The van der Waals surface area contributed by atoms with E-state index in [4.69, 9.17) is 19.3 Å². The number of carboxylic acid groups (broad SMARTS) is 1. The van der Waals surface area contributed by atoms with Gasteiger partial charge < -0.3 is 19.3 Å². The number of hydrogen-bond donors (Lipinski definition) is 1. The van der Waals surface area contributed by atoms with Gasteiger partial charge in [-0.3, -0.25) is 9.69 Å². The van der Waals surface area contributed by atoms with Gasteiger partial charge in [0.05, 0.1) is 31.7 Å². The first-order valence-corrected chi connectivity index (χ1v) is 11.4. The standard InChI is InChI=1S/C27H24F3NO6/c1-16-25(18-6-4-3-5-7-18)37-26(34)31(16)15-19-14-20(27(28,29)30)9-11-21(19)36-23-12-17(13-24(32)33)8-10-22(23)35-2/h3-12,14,16,25H,13,15H2,1-2H3,(H,32,33)/t16-,25-/m0/s1. The third-order valence-electron chi connectivity index (χ3n) is 6.05. The van der Waals surface area contributed by atoms with Crippen molar-refractivity contribution in [1.82, 2.24) is 4.90 Å². The summed E-state index contributed by atoms with van der Waals surface area (Å²) in [7, 11) is 1.39. The molecule has 1 N–H and O–H groups in total. The molecule has 0 aliphatic carbocycles. The molecular weight excluding hydrogens is 491 g/mol. The number of hydrogen-bond acceptors (Lipinski definition) is 5. The number of amides is 1. The summed E-state index contributed by atoms with van der Waals surface area (Å²) in [6, 6.07) is 16.1. The van der Waals surface area contributed by atoms with Gasteiger partial charge in [0.1, 0.15) is 11.9 Å². The number of carbonyl (C=O) groups excluding carboxylic acids is 1. The summed E-state index contributed by atoms with van der Waals surface area (Å²) >= 11 is 0. The Bertz CT molecular complexity index is 1300. The smallest absolute Gasteiger partial charge is 0.416 e. The first-order chi connectivity index (χ1) is 17.6. The summed E-state index contributed by atoms with van der Waals surface area (Å²) in [4.78, 5) is 25.2. The highest BCUT2D eigenvalue weighted by Crippen LogP contribution is 2.40. The van der Waals surface area contributed by atoms with Gasteiger partial charge in [-0.2, -0.15) is 13.2 Å². The number of rotatable bonds is 8. The normalized spacial score (nSPS) is 17.4. The molecule has 0 spiro atoms. The number of alkyl halides is 3. The SMILES string of the molecule is COc1ccc(CC(=O)O)cc1Oc1ccc(C(F)(F)F)cc1CN1C(=O)O[C@H](c2ccccc2)[C@@H]1C. The molecule has 0 bridgehead atoms. The minimum atomic E-state index is -4.61. The molecule has 1 aliphatic rings. The monoisotopic (exact) mass is 515 g/mol. The Balaban J connectivity index is 1.69. The topological polar surface area (TPSA) is 85.3 Å². The summed E-state index contributed by atoms with van der Waals surface area (Å²) in [5.41, 5.74) is 0.379. The maximum absolute atomic E-state index is 13.5. The maximum atomic E-state index is 13.5. The van der Waals surface area contributed by atoms with E-state index in [1.54, 1.807) is 13.0 Å². The van der Waals surface area contributed by atoms with Gasteiger partial charge in [0, 0.05) is 5.56 Å². The van der Waals surface area contributed by atoms with Crippen molar-refractivity contribution < 1.29 is 42.1 Å². The summed E-state index contributed by atoms with van der Waals surface area (Å²) in [5.74, 6) is -0.609. The lowest BCUT2D eigenvalue weighted by Gasteiger charge is -2.23. The van der Waals surface area contributed by atoms with Crippen LogP contribution in [0.5, 0.6) is 17.2 Å². The number of halogens is 3. The predicted molar refractivity (Wildman–Crippen MR) is 127 cm³/mol. The number of carboxylic acids is 1. The second kappa shape index (κ2) is 10.4. The molecular formula is C27H24F3NO6. The van der Waals surface area contributed by atoms with Crippen LogP contribution in [0.2, 0.25) is 0 Å². The van der Waals surface area contributed by atoms with Crippen LogP contribution < -0.4 is 9.47 Å². The van der Waals surface area contributed by atoms with Crippen LogP contribution in [0.1, 0.15) is 35.3 Å². The predicted octanol–water partition coefficient (Wildman–Crippen LogP) is 6.22. The van der Waals surface area contributed by atoms with E-state index < -0.39 is 35.9 Å². The van der Waals surface area contributed by atoms with Crippen LogP contribution in [0.15, 0.2) is 66.7 Å². The molecule has 1 heterocycles. The summed E-state index contributed by atoms with van der Waals surface area (Å²) in [5, 5.41) is 9.11. The Labute approximate surface area is 211 Å². The highest BCUT2D eigenvalue weighted by molar-refractivity contribution is 5.71. The van der Waals surface area contributed by atoms with Crippen molar-refractivity contribution in [1.29, 1.82) is 0 Å². The molecule has 0 saturated carbocycles. The Morgan fingerprint density at radius 3 is 2.38 bits per heavy atom. The molecule has 0 radical (unpaired) electrons. The van der Waals surface area contributed by atoms with Crippen LogP contribution in [-0.4, -0.2) is 35.2 Å². The van der Waals surface area contributed by atoms with Gasteiger partial charge in [-0.05, 0) is 48.4 Å². The van der Waals surface area contributed by atoms with Crippen molar-refractivity contribution in [3.63, 3.8) is 0 Å². The van der Waals surface area contributed by atoms with Crippen LogP contribution in [0.25, 0.3) is 0 Å². The Kier molecular flexibility index (Phi) is 7.28. The Hall–Kier alpha value is -4.21. The van der Waals surface area contributed by atoms with Crippen molar-refractivity contribution in [2.75, 3.05) is 7.11 Å². The van der Waals surface area contributed by atoms with E-state index in [9.17, 15) is 22.8 Å². The average molecular weight is 515 g/mol. The van der Waals surface area contributed by atoms with E-state index in [1.807, 2.05) is 30.3 Å². The molecule has 1 saturated heterocycles. The number of nitrogens with zero attached hydrogens (tertiary/aromatic N) is 1. The molecule has 0 unspecified atom stereocenters. The van der Waals surface area contributed by atoms with Crippen LogP contribution >= 0.6 is 0 Å². The molecule has 2 atom stereocenters. The molecule has 3 aromatic rings. The van der Waals surface area contributed by atoms with Crippen LogP contribution in [0, 0.1) is 0 Å². The van der Waals surface area contributed by atoms with E-state index in [2.05, 4.69) is 0 Å². The van der Waals surface area contributed by atoms with Crippen molar-refractivity contribution >= 4 is 12.1 Å². The highest BCUT2D eigenvalue weighted by Gasteiger charge is 2.40. The molecule has 7 nitrogen and oxygen atoms in total. The van der Waals surface area contributed by atoms with Crippen LogP contribution in [0.4, 0.5) is 18.0 Å². The van der Waals surface area contributed by atoms with Gasteiger partial charge in [-0.25, -0.2) is 4.79 Å². The fourth-order valence-electron chi connectivity index (χ4n) is 4.17. The first-order valence-electron chi connectivity index (χ1n) is 11.4. The molecule has 194 valence electrons. The Morgan fingerprint density at radius 1 is 1.03 bits per heavy atom. The zero-order valence-electron chi connectivity index (χ0n) is 20.0. The molecule has 0 aromatic heterocycles. The molecule has 4 rings (SSSR count). The number of cyclic esters (lactones) is 1. The third-order valence-corrected chi connectivity index (χ3v) is 6.05. The lowest BCUT2D eigenvalue weighted by atomic mass is 10.0. The summed E-state index contributed by atoms with van der Waals surface area (Å²) in [6.07, 6.45) is -6.14. The highest BCUT2D eigenvalue weighted by atomic mass is 19.4. The van der Waals surface area contributed by atoms with Gasteiger partial charge in [0.15, 0.2) is 11.5 Å². The zero-order valence-corrected chi connectivity index (χ0v) is 20.0. The maximum Gasteiger partial charge on any atom is 0.416 e. The molecule has 3 aromatic carbocycles. The fourth-order valence-corrected chi connectivity index (χ4v) is 4.17. The zero-order chi connectivity index (χ0) is 26.7. The Morgan fingerprint density at radius 2 is 1.73 bits per heavy atom. The molecule has 10 heteroatoms.